The van der Waals surface area contributed by atoms with Gasteiger partial charge in [-0.25, -0.2) is 14.4 Å². The van der Waals surface area contributed by atoms with Gasteiger partial charge in [0.25, 0.3) is 0 Å². The van der Waals surface area contributed by atoms with Crippen LogP contribution in [0.2, 0.25) is 0 Å². The molecule has 1 aromatic carbocycles. The number of hydrogen-bond acceptors (Lipinski definition) is 8. The van der Waals surface area contributed by atoms with Gasteiger partial charge in [0.05, 0.1) is 22.7 Å². The van der Waals surface area contributed by atoms with Crippen LogP contribution in [-0.4, -0.2) is 27.8 Å². The Bertz CT molecular complexity index is 1300. The number of halogens is 1. The highest BCUT2D eigenvalue weighted by molar-refractivity contribution is 5.84. The summed E-state index contributed by atoms with van der Waals surface area (Å²) in [4.78, 5) is 24.4. The number of benzene rings is 1. The molecule has 0 unspecified atom stereocenters. The summed E-state index contributed by atoms with van der Waals surface area (Å²) in [6.07, 6.45) is 2.85. The van der Waals surface area contributed by atoms with Crippen LogP contribution in [0.4, 0.5) is 27.7 Å². The quantitative estimate of drug-likeness (QED) is 0.462. The van der Waals surface area contributed by atoms with Crippen LogP contribution < -0.4 is 16.0 Å². The number of carbonyl (C=O) groups excluding carboxylic acids is 1. The number of nitriles is 1. The van der Waals surface area contributed by atoms with Gasteiger partial charge in [0.15, 0.2) is 17.9 Å². The summed E-state index contributed by atoms with van der Waals surface area (Å²) in [5.74, 6) is -0.408. The Morgan fingerprint density at radius 1 is 1.18 bits per heavy atom. The van der Waals surface area contributed by atoms with Crippen LogP contribution >= 0.6 is 0 Å². The summed E-state index contributed by atoms with van der Waals surface area (Å²) in [5, 5.41) is 18.8. The van der Waals surface area contributed by atoms with Crippen LogP contribution in [0.1, 0.15) is 54.9 Å². The van der Waals surface area contributed by atoms with E-state index in [-0.39, 0.29) is 28.7 Å². The maximum absolute atomic E-state index is 14.5. The van der Waals surface area contributed by atoms with Gasteiger partial charge in [0.2, 0.25) is 5.95 Å². The van der Waals surface area contributed by atoms with E-state index in [9.17, 15) is 14.4 Å². The van der Waals surface area contributed by atoms with E-state index in [1.165, 1.54) is 29.5 Å². The van der Waals surface area contributed by atoms with Crippen LogP contribution in [0.3, 0.4) is 0 Å². The van der Waals surface area contributed by atoms with Gasteiger partial charge in [0, 0.05) is 17.4 Å². The van der Waals surface area contributed by atoms with Gasteiger partial charge < -0.3 is 16.0 Å². The number of aldehydes is 1. The Kier molecular flexibility index (Phi) is 6.02. The molecular formula is C25H26FN7O. The summed E-state index contributed by atoms with van der Waals surface area (Å²) in [6.45, 7) is 8.57. The zero-order valence-electron chi connectivity index (χ0n) is 19.5. The minimum absolute atomic E-state index is 0.100. The van der Waals surface area contributed by atoms with E-state index in [0.29, 0.717) is 12.0 Å². The molecule has 0 amide bonds. The van der Waals surface area contributed by atoms with Crippen molar-refractivity contribution < 1.29 is 9.18 Å². The maximum Gasteiger partial charge on any atom is 0.229 e. The topological polar surface area (TPSA) is 116 Å². The first-order valence-corrected chi connectivity index (χ1v) is 11.0. The molecule has 0 fully saturated rings. The molecule has 1 aliphatic rings. The molecule has 1 aliphatic heterocycles. The fraction of sp³-hybridized carbons (Fsp3) is 0.320. The van der Waals surface area contributed by atoms with Gasteiger partial charge in [-0.05, 0) is 76.1 Å². The molecule has 3 N–H and O–H groups in total. The molecule has 4 rings (SSSR count). The van der Waals surface area contributed by atoms with Crippen molar-refractivity contribution in [2.24, 2.45) is 0 Å². The highest BCUT2D eigenvalue weighted by Crippen LogP contribution is 2.31. The number of pyridine rings is 1. The van der Waals surface area contributed by atoms with E-state index in [1.54, 1.807) is 13.8 Å². The fourth-order valence-electron chi connectivity index (χ4n) is 3.91. The third-order valence-electron chi connectivity index (χ3n) is 5.94. The van der Waals surface area contributed by atoms with Crippen molar-refractivity contribution in [1.29, 1.82) is 5.26 Å². The lowest BCUT2D eigenvalue weighted by molar-refractivity contribution is 0.112. The van der Waals surface area contributed by atoms with Crippen molar-refractivity contribution >= 4 is 29.6 Å². The number of anilines is 4. The molecule has 3 heterocycles. The molecule has 2 aromatic heterocycles. The van der Waals surface area contributed by atoms with Crippen LogP contribution in [0.15, 0.2) is 36.5 Å². The van der Waals surface area contributed by atoms with Gasteiger partial charge in [-0.15, -0.1) is 0 Å². The summed E-state index contributed by atoms with van der Waals surface area (Å²) in [5.41, 5.74) is 2.82. The lowest BCUT2D eigenvalue weighted by Gasteiger charge is -2.34. The van der Waals surface area contributed by atoms with Crippen LogP contribution in [0.5, 0.6) is 0 Å². The lowest BCUT2D eigenvalue weighted by Crippen LogP contribution is -2.42. The largest absolute Gasteiger partial charge is 0.324 e. The number of nitrogens with one attached hydrogen (secondary N) is 3. The molecule has 0 aliphatic carbocycles. The molecule has 8 nitrogen and oxygen atoms in total. The van der Waals surface area contributed by atoms with Crippen LogP contribution in [0.25, 0.3) is 0 Å². The first-order chi connectivity index (χ1) is 16.1. The highest BCUT2D eigenvalue weighted by Gasteiger charge is 2.27. The molecular weight excluding hydrogens is 433 g/mol. The first kappa shape index (κ1) is 23.3. The predicted octanol–water partition coefficient (Wildman–Crippen LogP) is 4.49. The zero-order chi connectivity index (χ0) is 24.5. The van der Waals surface area contributed by atoms with E-state index < -0.39 is 11.2 Å². The van der Waals surface area contributed by atoms with Gasteiger partial charge in [0.1, 0.15) is 5.82 Å². The fourth-order valence-corrected chi connectivity index (χ4v) is 3.91. The number of rotatable bonds is 6. The van der Waals surface area contributed by atoms with E-state index in [4.69, 9.17) is 0 Å². The summed E-state index contributed by atoms with van der Waals surface area (Å²) < 4.78 is 14.5. The molecule has 0 atom stereocenters. The van der Waals surface area contributed by atoms with Crippen molar-refractivity contribution in [2.45, 2.75) is 45.1 Å². The van der Waals surface area contributed by atoms with Crippen LogP contribution in [-0.2, 0) is 17.4 Å². The Morgan fingerprint density at radius 3 is 2.71 bits per heavy atom. The number of carbonyl (C=O) groups is 1. The number of aromatic nitrogens is 3. The second-order valence-electron chi connectivity index (χ2n) is 9.30. The van der Waals surface area contributed by atoms with E-state index in [2.05, 4.69) is 63.0 Å². The van der Waals surface area contributed by atoms with Crippen LogP contribution in [0, 0.1) is 17.1 Å². The summed E-state index contributed by atoms with van der Waals surface area (Å²) >= 11 is 0. The minimum atomic E-state index is -0.910. The first-order valence-electron chi connectivity index (χ1n) is 11.0. The average Bonchev–Trinajstić information content (AvgIpc) is 2.80. The molecule has 34 heavy (non-hydrogen) atoms. The summed E-state index contributed by atoms with van der Waals surface area (Å²) in [6, 6.07) is 10.9. The second kappa shape index (κ2) is 8.80. The normalized spacial score (nSPS) is 14.6. The molecule has 174 valence electrons. The Balaban J connectivity index is 1.63. The number of hydrogen-bond donors (Lipinski definition) is 3. The number of nitrogens with zero attached hydrogens (tertiary/aromatic N) is 4. The van der Waals surface area contributed by atoms with E-state index in [0.717, 1.165) is 18.7 Å². The summed E-state index contributed by atoms with van der Waals surface area (Å²) in [7, 11) is 0. The predicted molar refractivity (Wildman–Crippen MR) is 128 cm³/mol. The molecule has 0 saturated heterocycles. The van der Waals surface area contributed by atoms with E-state index in [1.807, 2.05) is 6.07 Å². The van der Waals surface area contributed by atoms with Gasteiger partial charge in [-0.2, -0.15) is 10.2 Å². The molecule has 0 saturated carbocycles. The maximum atomic E-state index is 14.5. The monoisotopic (exact) mass is 459 g/mol. The van der Waals surface area contributed by atoms with Gasteiger partial charge in [-0.3, -0.25) is 4.79 Å². The van der Waals surface area contributed by atoms with Crippen molar-refractivity contribution in [2.75, 3.05) is 17.2 Å². The molecule has 0 spiro atoms. The van der Waals surface area contributed by atoms with Gasteiger partial charge in [-0.1, -0.05) is 6.07 Å². The average molecular weight is 460 g/mol. The Morgan fingerprint density at radius 2 is 1.97 bits per heavy atom. The van der Waals surface area contributed by atoms with Crippen molar-refractivity contribution in [3.63, 3.8) is 0 Å². The molecule has 0 bridgehead atoms. The third kappa shape index (κ3) is 4.58. The van der Waals surface area contributed by atoms with Crippen molar-refractivity contribution in [3.8, 4) is 6.07 Å². The molecule has 9 heteroatoms. The van der Waals surface area contributed by atoms with Crippen molar-refractivity contribution in [3.05, 3.63) is 64.7 Å². The Labute approximate surface area is 197 Å². The second-order valence-corrected chi connectivity index (χ2v) is 9.30. The van der Waals surface area contributed by atoms with Crippen molar-refractivity contribution in [1.82, 2.24) is 20.3 Å². The Hall–Kier alpha value is -3.90. The SMILES string of the molecule is CC(C)(C#N)c1ccc(F)c(Nc2nc(Nc3ccc4c(c3)CCNC4(C)C)ncc2C=O)n1. The molecule has 0 radical (unpaired) electrons. The minimum Gasteiger partial charge on any atom is -0.324 e. The standard InChI is InChI=1S/C25H26FN7O/c1-24(2,14-27)20-8-7-19(26)22(31-20)32-21-16(13-34)12-28-23(33-21)30-17-5-6-18-15(11-17)9-10-29-25(18,3)4/h5-8,11-13,29H,9-10H2,1-4H3,(H2,28,30,31,32,33). The number of fused-ring (bicyclic) bond motifs is 1. The van der Waals surface area contributed by atoms with Gasteiger partial charge >= 0.3 is 0 Å². The smallest absolute Gasteiger partial charge is 0.229 e. The molecule has 3 aromatic rings. The zero-order valence-corrected chi connectivity index (χ0v) is 19.5. The third-order valence-corrected chi connectivity index (χ3v) is 5.94. The highest BCUT2D eigenvalue weighted by atomic mass is 19.1. The lowest BCUT2D eigenvalue weighted by atomic mass is 9.85. The van der Waals surface area contributed by atoms with E-state index >= 15 is 0 Å².